The molecular formula is C15H22N4O. The monoisotopic (exact) mass is 274 g/mol. The summed E-state index contributed by atoms with van der Waals surface area (Å²) in [5, 5.41) is 7.75. The molecule has 0 aliphatic rings. The van der Waals surface area contributed by atoms with E-state index in [0.29, 0.717) is 0 Å². The highest BCUT2D eigenvalue weighted by molar-refractivity contribution is 5.35. The molecule has 20 heavy (non-hydrogen) atoms. The molecule has 0 aliphatic heterocycles. The lowest BCUT2D eigenvalue weighted by atomic mass is 10.0. The Bertz CT molecular complexity index is 548. The summed E-state index contributed by atoms with van der Waals surface area (Å²) in [6.45, 7) is 5.00. The Morgan fingerprint density at radius 3 is 2.70 bits per heavy atom. The lowest BCUT2D eigenvalue weighted by molar-refractivity contribution is 0.400. The highest BCUT2D eigenvalue weighted by atomic mass is 16.5. The summed E-state index contributed by atoms with van der Waals surface area (Å²) in [6, 6.07) is 4.13. The summed E-state index contributed by atoms with van der Waals surface area (Å²) in [5.74, 6) is 0.804. The number of rotatable bonds is 6. The van der Waals surface area contributed by atoms with Crippen molar-refractivity contribution in [1.82, 2.24) is 20.1 Å². The summed E-state index contributed by atoms with van der Waals surface area (Å²) in [5.41, 5.74) is 3.16. The van der Waals surface area contributed by atoms with Crippen LogP contribution < -0.4 is 10.1 Å². The fraction of sp³-hybridized carbons (Fsp3) is 0.467. The first-order chi connectivity index (χ1) is 9.71. The molecule has 1 unspecified atom stereocenters. The quantitative estimate of drug-likeness (QED) is 0.878. The summed E-state index contributed by atoms with van der Waals surface area (Å²) in [6.07, 6.45) is 4.70. The average Bonchev–Trinajstić information content (AvgIpc) is 2.85. The fourth-order valence-corrected chi connectivity index (χ4v) is 2.33. The number of hydrogen-bond donors (Lipinski definition) is 1. The summed E-state index contributed by atoms with van der Waals surface area (Å²) in [4.78, 5) is 4.38. The smallest absolute Gasteiger partial charge is 0.161 e. The van der Waals surface area contributed by atoms with Gasteiger partial charge in [0.2, 0.25) is 0 Å². The van der Waals surface area contributed by atoms with E-state index in [0.717, 1.165) is 35.7 Å². The molecule has 0 radical (unpaired) electrons. The Labute approximate surface area is 120 Å². The maximum Gasteiger partial charge on any atom is 0.161 e. The molecule has 2 rings (SSSR count). The molecule has 0 aromatic carbocycles. The summed E-state index contributed by atoms with van der Waals surface area (Å²) >= 11 is 0. The zero-order valence-electron chi connectivity index (χ0n) is 12.6. The molecule has 5 heteroatoms. The Kier molecular flexibility index (Phi) is 4.74. The second-order valence-electron chi connectivity index (χ2n) is 4.78. The first-order valence-electron chi connectivity index (χ1n) is 6.90. The van der Waals surface area contributed by atoms with Crippen LogP contribution in [0, 0.1) is 6.92 Å². The fourth-order valence-electron chi connectivity index (χ4n) is 2.33. The van der Waals surface area contributed by atoms with Gasteiger partial charge in [-0.1, -0.05) is 13.0 Å². The van der Waals surface area contributed by atoms with E-state index in [4.69, 9.17) is 4.74 Å². The van der Waals surface area contributed by atoms with E-state index in [2.05, 4.69) is 28.4 Å². The van der Waals surface area contributed by atoms with Crippen molar-refractivity contribution < 1.29 is 4.74 Å². The lowest BCUT2D eigenvalue weighted by Gasteiger charge is -2.19. The van der Waals surface area contributed by atoms with Crippen LogP contribution in [0.5, 0.6) is 5.75 Å². The normalized spacial score (nSPS) is 12.4. The standard InChI is InChI=1S/C15H22N4O/c1-5-8-19-15(13(20-4)10-18-19)14(16-3)12-7-6-11(2)17-9-12/h6-7,9-10,14,16H,5,8H2,1-4H3. The topological polar surface area (TPSA) is 52.0 Å². The van der Waals surface area contributed by atoms with Crippen molar-refractivity contribution >= 4 is 0 Å². The number of aryl methyl sites for hydroxylation is 2. The molecule has 0 saturated carbocycles. The number of nitrogens with zero attached hydrogens (tertiary/aromatic N) is 3. The highest BCUT2D eigenvalue weighted by Crippen LogP contribution is 2.29. The summed E-state index contributed by atoms with van der Waals surface area (Å²) in [7, 11) is 3.62. The predicted octanol–water partition coefficient (Wildman–Crippen LogP) is 2.31. The minimum atomic E-state index is 0.0205. The molecule has 1 N–H and O–H groups in total. The molecule has 5 nitrogen and oxygen atoms in total. The number of nitrogens with one attached hydrogen (secondary N) is 1. The van der Waals surface area contributed by atoms with Crippen LogP contribution in [0.3, 0.4) is 0 Å². The highest BCUT2D eigenvalue weighted by Gasteiger charge is 2.22. The van der Waals surface area contributed by atoms with Crippen molar-refractivity contribution in [3.63, 3.8) is 0 Å². The first kappa shape index (κ1) is 14.5. The van der Waals surface area contributed by atoms with Gasteiger partial charge in [-0.2, -0.15) is 5.10 Å². The number of aromatic nitrogens is 3. The van der Waals surface area contributed by atoms with Gasteiger partial charge in [0.15, 0.2) is 5.75 Å². The minimum Gasteiger partial charge on any atom is -0.493 e. The maximum absolute atomic E-state index is 5.46. The van der Waals surface area contributed by atoms with Gasteiger partial charge in [-0.3, -0.25) is 9.67 Å². The molecule has 1 atom stereocenters. The SMILES string of the molecule is CCCn1ncc(OC)c1C(NC)c1ccc(C)nc1. The van der Waals surface area contributed by atoms with Crippen LogP contribution in [-0.4, -0.2) is 28.9 Å². The Hall–Kier alpha value is -1.88. The van der Waals surface area contributed by atoms with E-state index in [1.54, 1.807) is 13.3 Å². The van der Waals surface area contributed by atoms with Crippen molar-refractivity contribution in [1.29, 1.82) is 0 Å². The molecule has 0 spiro atoms. The molecule has 108 valence electrons. The van der Waals surface area contributed by atoms with E-state index < -0.39 is 0 Å². The van der Waals surface area contributed by atoms with E-state index in [-0.39, 0.29) is 6.04 Å². The zero-order chi connectivity index (χ0) is 14.5. The van der Waals surface area contributed by atoms with E-state index in [9.17, 15) is 0 Å². The van der Waals surface area contributed by atoms with Gasteiger partial charge in [0.25, 0.3) is 0 Å². The molecule has 0 fully saturated rings. The van der Waals surface area contributed by atoms with Crippen molar-refractivity contribution in [3.8, 4) is 5.75 Å². The van der Waals surface area contributed by atoms with E-state index >= 15 is 0 Å². The minimum absolute atomic E-state index is 0.0205. The van der Waals surface area contributed by atoms with Crippen LogP contribution in [0.1, 0.15) is 36.3 Å². The molecule has 2 aromatic rings. The van der Waals surface area contributed by atoms with Crippen LogP contribution >= 0.6 is 0 Å². The van der Waals surface area contributed by atoms with Gasteiger partial charge in [0.1, 0.15) is 5.69 Å². The number of methoxy groups -OCH3 is 1. The second kappa shape index (κ2) is 6.52. The lowest BCUT2D eigenvalue weighted by Crippen LogP contribution is -2.22. The number of ether oxygens (including phenoxy) is 1. The second-order valence-corrected chi connectivity index (χ2v) is 4.78. The van der Waals surface area contributed by atoms with E-state index in [1.165, 1.54) is 0 Å². The molecule has 0 amide bonds. The first-order valence-corrected chi connectivity index (χ1v) is 6.90. The van der Waals surface area contributed by atoms with Gasteiger partial charge in [0, 0.05) is 18.4 Å². The molecule has 0 aliphatic carbocycles. The Morgan fingerprint density at radius 2 is 2.15 bits per heavy atom. The third kappa shape index (κ3) is 2.82. The van der Waals surface area contributed by atoms with Crippen molar-refractivity contribution in [2.45, 2.75) is 32.9 Å². The van der Waals surface area contributed by atoms with Crippen LogP contribution in [-0.2, 0) is 6.54 Å². The molecule has 2 aromatic heterocycles. The average molecular weight is 274 g/mol. The Balaban J connectivity index is 2.44. The van der Waals surface area contributed by atoms with Gasteiger partial charge < -0.3 is 10.1 Å². The number of hydrogen-bond acceptors (Lipinski definition) is 4. The van der Waals surface area contributed by atoms with Crippen molar-refractivity contribution in [3.05, 3.63) is 41.5 Å². The third-order valence-electron chi connectivity index (χ3n) is 3.33. The van der Waals surface area contributed by atoms with Crippen molar-refractivity contribution in [2.24, 2.45) is 0 Å². The molecule has 2 heterocycles. The van der Waals surface area contributed by atoms with Crippen LogP contribution in [0.2, 0.25) is 0 Å². The van der Waals surface area contributed by atoms with E-state index in [1.807, 2.05) is 30.9 Å². The van der Waals surface area contributed by atoms with Gasteiger partial charge in [0.05, 0.1) is 19.3 Å². The number of pyridine rings is 1. The Morgan fingerprint density at radius 1 is 1.35 bits per heavy atom. The van der Waals surface area contributed by atoms with Gasteiger partial charge in [-0.05, 0) is 32.0 Å². The van der Waals surface area contributed by atoms with Crippen LogP contribution in [0.4, 0.5) is 0 Å². The van der Waals surface area contributed by atoms with Crippen LogP contribution in [0.15, 0.2) is 24.5 Å². The van der Waals surface area contributed by atoms with Gasteiger partial charge in [-0.25, -0.2) is 0 Å². The zero-order valence-corrected chi connectivity index (χ0v) is 12.6. The molecule has 0 bridgehead atoms. The maximum atomic E-state index is 5.46. The molecule has 0 saturated heterocycles. The summed E-state index contributed by atoms with van der Waals surface area (Å²) < 4.78 is 7.46. The van der Waals surface area contributed by atoms with Crippen molar-refractivity contribution in [2.75, 3.05) is 14.2 Å². The predicted molar refractivity (Wildman–Crippen MR) is 78.9 cm³/mol. The third-order valence-corrected chi connectivity index (χ3v) is 3.33. The van der Waals surface area contributed by atoms with Gasteiger partial charge >= 0.3 is 0 Å². The largest absolute Gasteiger partial charge is 0.493 e. The van der Waals surface area contributed by atoms with Gasteiger partial charge in [-0.15, -0.1) is 0 Å². The molecular weight excluding hydrogens is 252 g/mol. The van der Waals surface area contributed by atoms with Crippen LogP contribution in [0.25, 0.3) is 0 Å².